The number of hydrogen-bond acceptors (Lipinski definition) is 6. The van der Waals surface area contributed by atoms with Gasteiger partial charge in [0, 0.05) is 11.3 Å². The quantitative estimate of drug-likeness (QED) is 0.538. The van der Waals surface area contributed by atoms with Crippen LogP contribution in [0.25, 0.3) is 10.2 Å². The maximum absolute atomic E-state index is 13.5. The topological polar surface area (TPSA) is 88.2 Å². The molecule has 3 aromatic rings. The van der Waals surface area contributed by atoms with Crippen LogP contribution in [0.15, 0.2) is 40.7 Å². The minimum atomic E-state index is -3.34. The molecule has 0 fully saturated rings. The van der Waals surface area contributed by atoms with Gasteiger partial charge in [-0.1, -0.05) is 17.8 Å². The van der Waals surface area contributed by atoms with Gasteiger partial charge in [0.2, 0.25) is 15.9 Å². The zero-order valence-corrected chi connectivity index (χ0v) is 17.6. The minimum absolute atomic E-state index is 0.00523. The predicted molar refractivity (Wildman–Crippen MR) is 113 cm³/mol. The maximum Gasteiger partial charge on any atom is 0.234 e. The molecule has 0 saturated carbocycles. The van der Waals surface area contributed by atoms with Crippen LogP contribution < -0.4 is 10.0 Å². The molecule has 2 N–H and O–H groups in total. The second-order valence-corrected chi connectivity index (χ2v) is 10.2. The number of anilines is 2. The summed E-state index contributed by atoms with van der Waals surface area (Å²) in [6.45, 7) is 3.18. The molecule has 1 aromatic heterocycles. The summed E-state index contributed by atoms with van der Waals surface area (Å²) in [5.74, 6) is -0.500. The van der Waals surface area contributed by atoms with Crippen LogP contribution in [0, 0.1) is 12.7 Å². The number of nitrogens with zero attached hydrogens (tertiary/aromatic N) is 1. The summed E-state index contributed by atoms with van der Waals surface area (Å²) in [6, 6.07) is 9.65. The highest BCUT2D eigenvalue weighted by atomic mass is 32.2. The van der Waals surface area contributed by atoms with Crippen molar-refractivity contribution in [2.24, 2.45) is 0 Å². The fraction of sp³-hybridized carbons (Fsp3) is 0.222. The molecule has 10 heteroatoms. The number of benzene rings is 2. The smallest absolute Gasteiger partial charge is 0.234 e. The Morgan fingerprint density at radius 3 is 2.82 bits per heavy atom. The molecule has 28 heavy (non-hydrogen) atoms. The molecule has 0 spiro atoms. The molecule has 2 aromatic carbocycles. The molecule has 6 nitrogen and oxygen atoms in total. The van der Waals surface area contributed by atoms with Gasteiger partial charge in [-0.25, -0.2) is 17.8 Å². The number of carbonyl (C=O) groups is 1. The summed E-state index contributed by atoms with van der Waals surface area (Å²) in [7, 11) is -3.34. The second-order valence-electron chi connectivity index (χ2n) is 5.92. The van der Waals surface area contributed by atoms with Gasteiger partial charge in [-0.2, -0.15) is 0 Å². The van der Waals surface area contributed by atoms with Crippen LogP contribution in [0.1, 0.15) is 12.5 Å². The first-order valence-corrected chi connectivity index (χ1v) is 11.8. The first-order chi connectivity index (χ1) is 13.3. The lowest BCUT2D eigenvalue weighted by molar-refractivity contribution is -0.113. The Hall–Kier alpha value is -2.17. The summed E-state index contributed by atoms with van der Waals surface area (Å²) < 4.78 is 40.9. The number of rotatable bonds is 7. The largest absolute Gasteiger partial charge is 0.325 e. The lowest BCUT2D eigenvalue weighted by Gasteiger charge is -2.08. The molecule has 1 amide bonds. The van der Waals surface area contributed by atoms with Gasteiger partial charge in [0.1, 0.15) is 5.82 Å². The number of thiazole rings is 1. The fourth-order valence-corrected chi connectivity index (χ4v) is 4.88. The van der Waals surface area contributed by atoms with Crippen molar-refractivity contribution in [3.63, 3.8) is 0 Å². The van der Waals surface area contributed by atoms with E-state index >= 15 is 0 Å². The van der Waals surface area contributed by atoms with E-state index in [4.69, 9.17) is 0 Å². The van der Waals surface area contributed by atoms with Crippen molar-refractivity contribution in [2.45, 2.75) is 18.2 Å². The highest BCUT2D eigenvalue weighted by Crippen LogP contribution is 2.31. The van der Waals surface area contributed by atoms with E-state index in [0.29, 0.717) is 21.3 Å². The maximum atomic E-state index is 13.5. The van der Waals surface area contributed by atoms with E-state index in [2.05, 4.69) is 15.0 Å². The molecule has 0 radical (unpaired) electrons. The summed E-state index contributed by atoms with van der Waals surface area (Å²) in [5, 5.41) is 2.70. The van der Waals surface area contributed by atoms with Gasteiger partial charge in [-0.05, 0) is 44.2 Å². The summed E-state index contributed by atoms with van der Waals surface area (Å²) in [5.41, 5.74) is 2.05. The van der Waals surface area contributed by atoms with E-state index < -0.39 is 10.0 Å². The molecule has 0 bridgehead atoms. The van der Waals surface area contributed by atoms with Crippen LogP contribution >= 0.6 is 23.1 Å². The molecule has 0 aliphatic rings. The average Bonchev–Trinajstić information content (AvgIpc) is 3.06. The molecule has 3 rings (SSSR count). The van der Waals surface area contributed by atoms with Crippen molar-refractivity contribution in [2.75, 3.05) is 21.5 Å². The van der Waals surface area contributed by atoms with Crippen molar-refractivity contribution in [1.29, 1.82) is 0 Å². The molecule has 0 atom stereocenters. The van der Waals surface area contributed by atoms with Crippen LogP contribution in [-0.2, 0) is 14.8 Å². The molecular weight excluding hydrogens is 421 g/mol. The van der Waals surface area contributed by atoms with Gasteiger partial charge < -0.3 is 5.32 Å². The first-order valence-electron chi connectivity index (χ1n) is 8.36. The Morgan fingerprint density at radius 2 is 2.07 bits per heavy atom. The molecule has 148 valence electrons. The Kier molecular flexibility index (Phi) is 6.21. The predicted octanol–water partition coefficient (Wildman–Crippen LogP) is 4.24. The number of aromatic nitrogens is 1. The van der Waals surface area contributed by atoms with Gasteiger partial charge in [-0.15, -0.1) is 11.3 Å². The van der Waals surface area contributed by atoms with E-state index in [0.717, 1.165) is 10.2 Å². The van der Waals surface area contributed by atoms with Crippen LogP contribution in [0.2, 0.25) is 0 Å². The van der Waals surface area contributed by atoms with Gasteiger partial charge in [0.25, 0.3) is 0 Å². The Bertz CT molecular complexity index is 1130. The van der Waals surface area contributed by atoms with E-state index in [1.165, 1.54) is 29.2 Å². The highest BCUT2D eigenvalue weighted by Gasteiger charge is 2.12. The summed E-state index contributed by atoms with van der Waals surface area (Å²) >= 11 is 2.65. The zero-order chi connectivity index (χ0) is 20.3. The van der Waals surface area contributed by atoms with Gasteiger partial charge >= 0.3 is 0 Å². The van der Waals surface area contributed by atoms with Crippen LogP contribution in [-0.4, -0.2) is 30.8 Å². The zero-order valence-electron chi connectivity index (χ0n) is 15.2. The number of nitrogens with one attached hydrogen (secondary N) is 2. The number of fused-ring (bicyclic) bond motifs is 1. The monoisotopic (exact) mass is 439 g/mol. The SMILES string of the molecule is CCS(=O)(=O)Nc1ccc2nc(SCC(=O)Nc3cccc(F)c3C)sc2c1. The van der Waals surface area contributed by atoms with E-state index in [-0.39, 0.29) is 23.2 Å². The van der Waals surface area contributed by atoms with Crippen molar-refractivity contribution >= 4 is 60.6 Å². The van der Waals surface area contributed by atoms with Gasteiger partial charge in [0.15, 0.2) is 4.34 Å². The third-order valence-corrected chi connectivity index (χ3v) is 7.36. The Labute approximate surface area is 170 Å². The number of hydrogen-bond donors (Lipinski definition) is 2. The molecule has 0 aliphatic carbocycles. The molecule has 0 saturated heterocycles. The normalized spacial score (nSPS) is 11.5. The van der Waals surface area contributed by atoms with E-state index in [1.807, 2.05) is 0 Å². The van der Waals surface area contributed by atoms with Crippen molar-refractivity contribution in [3.8, 4) is 0 Å². The highest BCUT2D eigenvalue weighted by molar-refractivity contribution is 8.01. The second kappa shape index (κ2) is 8.46. The average molecular weight is 440 g/mol. The molecular formula is C18H18FN3O3S3. The van der Waals surface area contributed by atoms with Crippen molar-refractivity contribution in [3.05, 3.63) is 47.8 Å². The Morgan fingerprint density at radius 1 is 1.29 bits per heavy atom. The number of thioether (sulfide) groups is 1. The van der Waals surface area contributed by atoms with Crippen LogP contribution in [0.4, 0.5) is 15.8 Å². The van der Waals surface area contributed by atoms with Gasteiger partial charge in [-0.3, -0.25) is 9.52 Å². The van der Waals surface area contributed by atoms with Crippen molar-refractivity contribution in [1.82, 2.24) is 4.98 Å². The summed E-state index contributed by atoms with van der Waals surface area (Å²) in [6.07, 6.45) is 0. The third kappa shape index (κ3) is 5.00. The summed E-state index contributed by atoms with van der Waals surface area (Å²) in [4.78, 5) is 16.6. The standard InChI is InChI=1S/C18H18FN3O3S3/c1-3-28(24,25)22-12-7-8-15-16(9-12)27-18(21-15)26-10-17(23)20-14-6-4-5-13(19)11(14)2/h4-9,22H,3,10H2,1-2H3,(H,20,23). The first kappa shape index (κ1) is 20.6. The van der Waals surface area contributed by atoms with E-state index in [1.54, 1.807) is 44.2 Å². The van der Waals surface area contributed by atoms with E-state index in [9.17, 15) is 17.6 Å². The number of sulfonamides is 1. The third-order valence-electron chi connectivity index (χ3n) is 3.89. The number of amides is 1. The Balaban J connectivity index is 1.66. The lowest BCUT2D eigenvalue weighted by Crippen LogP contribution is -2.15. The molecule has 0 unspecified atom stereocenters. The number of carbonyl (C=O) groups excluding carboxylic acids is 1. The van der Waals surface area contributed by atoms with Crippen LogP contribution in [0.3, 0.4) is 0 Å². The lowest BCUT2D eigenvalue weighted by atomic mass is 10.2. The van der Waals surface area contributed by atoms with Gasteiger partial charge in [0.05, 0.1) is 27.4 Å². The minimum Gasteiger partial charge on any atom is -0.325 e. The molecule has 0 aliphatic heterocycles. The molecule has 1 heterocycles. The van der Waals surface area contributed by atoms with Crippen molar-refractivity contribution < 1.29 is 17.6 Å². The van der Waals surface area contributed by atoms with Crippen LogP contribution in [0.5, 0.6) is 0 Å². The fourth-order valence-electron chi connectivity index (χ4n) is 2.34. The number of halogens is 1.